The maximum absolute atomic E-state index is 11.5. The van der Waals surface area contributed by atoms with E-state index in [1.165, 1.54) is 16.9 Å². The van der Waals surface area contributed by atoms with Gasteiger partial charge in [-0.1, -0.05) is 11.6 Å². The van der Waals surface area contributed by atoms with Crippen LogP contribution >= 0.6 is 11.6 Å². The van der Waals surface area contributed by atoms with E-state index in [1.54, 1.807) is 26.1 Å². The predicted molar refractivity (Wildman–Crippen MR) is 69.3 cm³/mol. The van der Waals surface area contributed by atoms with Crippen LogP contribution in [-0.2, 0) is 16.4 Å². The van der Waals surface area contributed by atoms with Gasteiger partial charge in [0.2, 0.25) is 0 Å². The van der Waals surface area contributed by atoms with Crippen LogP contribution in [0.2, 0.25) is 5.02 Å². The number of hydrogen-bond donors (Lipinski definition) is 0. The van der Waals surface area contributed by atoms with E-state index in [0.717, 1.165) is 0 Å². The first kappa shape index (κ1) is 14.3. The summed E-state index contributed by atoms with van der Waals surface area (Å²) in [5, 5.41) is 0.383. The highest BCUT2D eigenvalue weighted by atomic mass is 35.5. The first-order valence-electron chi connectivity index (χ1n) is 5.19. The van der Waals surface area contributed by atoms with Gasteiger partial charge >= 0.3 is 0 Å². The third-order valence-corrected chi connectivity index (χ3v) is 5.36. The highest BCUT2D eigenvalue weighted by Gasteiger charge is 2.29. The second-order valence-electron chi connectivity index (χ2n) is 4.66. The van der Waals surface area contributed by atoms with E-state index < -0.39 is 14.6 Å². The molecule has 0 aliphatic rings. The van der Waals surface area contributed by atoms with Gasteiger partial charge in [-0.05, 0) is 26.3 Å². The number of aromatic nitrogens is 1. The Hall–Kier alpha value is -0.810. The maximum Gasteiger partial charge on any atom is 0.251 e. The maximum atomic E-state index is 11.5. The number of aryl methyl sites for hydroxylation is 1. The number of hydrogen-bond acceptors (Lipinski definition) is 3. The van der Waals surface area contributed by atoms with Crippen LogP contribution < -0.4 is 5.56 Å². The normalized spacial score (nSPS) is 12.7. The second-order valence-corrected chi connectivity index (χ2v) is 7.74. The van der Waals surface area contributed by atoms with Crippen LogP contribution in [0.5, 0.6) is 0 Å². The van der Waals surface area contributed by atoms with Crippen LogP contribution in [-0.4, -0.2) is 24.0 Å². The fourth-order valence-electron chi connectivity index (χ4n) is 1.24. The van der Waals surface area contributed by atoms with E-state index in [1.807, 2.05) is 0 Å². The zero-order chi connectivity index (χ0) is 13.3. The average Bonchev–Trinajstić information content (AvgIpc) is 2.14. The van der Waals surface area contributed by atoms with Gasteiger partial charge in [0.25, 0.3) is 5.56 Å². The summed E-state index contributed by atoms with van der Waals surface area (Å²) < 4.78 is 23.6. The van der Waals surface area contributed by atoms with Crippen LogP contribution in [0.4, 0.5) is 0 Å². The van der Waals surface area contributed by atoms with Crippen molar-refractivity contribution in [2.24, 2.45) is 0 Å². The summed E-state index contributed by atoms with van der Waals surface area (Å²) in [5.41, 5.74) is -0.221. The minimum absolute atomic E-state index is 0.221. The fourth-order valence-corrected chi connectivity index (χ4v) is 1.86. The van der Waals surface area contributed by atoms with Crippen molar-refractivity contribution in [1.29, 1.82) is 0 Å². The summed E-state index contributed by atoms with van der Waals surface area (Å²) >= 11 is 5.67. The number of rotatable bonds is 4. The second kappa shape index (κ2) is 4.82. The lowest BCUT2D eigenvalue weighted by Gasteiger charge is -2.22. The van der Waals surface area contributed by atoms with Crippen molar-refractivity contribution in [1.82, 2.24) is 4.57 Å². The largest absolute Gasteiger partial charge is 0.315 e. The predicted octanol–water partition coefficient (Wildman–Crippen LogP) is 1.71. The highest BCUT2D eigenvalue weighted by molar-refractivity contribution is 7.92. The number of sulfone groups is 1. The van der Waals surface area contributed by atoms with E-state index in [4.69, 9.17) is 11.6 Å². The molecule has 0 aliphatic carbocycles. The molecule has 6 heteroatoms. The monoisotopic (exact) mass is 277 g/mol. The van der Waals surface area contributed by atoms with Crippen LogP contribution in [0.15, 0.2) is 23.1 Å². The molecule has 0 N–H and O–H groups in total. The Labute approximate surface area is 106 Å². The molecule has 0 atom stereocenters. The molecule has 0 amide bonds. The van der Waals surface area contributed by atoms with Crippen LogP contribution in [0.3, 0.4) is 0 Å². The molecule has 0 bridgehead atoms. The molecule has 1 rings (SSSR count). The van der Waals surface area contributed by atoms with Crippen molar-refractivity contribution in [2.45, 2.75) is 31.6 Å². The Morgan fingerprint density at radius 1 is 1.41 bits per heavy atom. The average molecular weight is 278 g/mol. The van der Waals surface area contributed by atoms with Gasteiger partial charge in [-0.25, -0.2) is 8.42 Å². The van der Waals surface area contributed by atoms with Gasteiger partial charge in [-0.15, -0.1) is 0 Å². The van der Waals surface area contributed by atoms with E-state index in [0.29, 0.717) is 18.0 Å². The molecule has 0 fully saturated rings. The number of pyridine rings is 1. The minimum atomic E-state index is -3.13. The highest BCUT2D eigenvalue weighted by Crippen LogP contribution is 2.20. The van der Waals surface area contributed by atoms with Crippen molar-refractivity contribution in [3.05, 3.63) is 33.7 Å². The molecule has 1 aromatic rings. The molecule has 0 aliphatic heterocycles. The van der Waals surface area contributed by atoms with Crippen LogP contribution in [0.25, 0.3) is 0 Å². The molecule has 0 saturated carbocycles. The third-order valence-electron chi connectivity index (χ3n) is 2.92. The topological polar surface area (TPSA) is 56.1 Å². The Morgan fingerprint density at radius 3 is 2.47 bits per heavy atom. The van der Waals surface area contributed by atoms with E-state index in [2.05, 4.69) is 0 Å². The molecule has 0 saturated heterocycles. The molecule has 0 spiro atoms. The molecule has 0 aromatic carbocycles. The van der Waals surface area contributed by atoms with Crippen molar-refractivity contribution < 1.29 is 8.42 Å². The smallest absolute Gasteiger partial charge is 0.251 e. The molecule has 0 radical (unpaired) electrons. The van der Waals surface area contributed by atoms with E-state index in [9.17, 15) is 13.2 Å². The lowest BCUT2D eigenvalue weighted by molar-refractivity contribution is 0.495. The van der Waals surface area contributed by atoms with Crippen molar-refractivity contribution in [2.75, 3.05) is 6.26 Å². The van der Waals surface area contributed by atoms with Gasteiger partial charge in [0.05, 0.1) is 4.75 Å². The zero-order valence-corrected chi connectivity index (χ0v) is 11.7. The summed E-state index contributed by atoms with van der Waals surface area (Å²) in [5.74, 6) is 0. The summed E-state index contributed by atoms with van der Waals surface area (Å²) in [6, 6.07) is 2.92. The number of nitrogens with zero attached hydrogens (tertiary/aromatic N) is 1. The first-order valence-corrected chi connectivity index (χ1v) is 7.46. The van der Waals surface area contributed by atoms with Crippen LogP contribution in [0, 0.1) is 0 Å². The molecule has 1 aromatic heterocycles. The molecular formula is C11H16ClNO3S. The molecule has 0 unspecified atom stereocenters. The van der Waals surface area contributed by atoms with Crippen molar-refractivity contribution in [3.63, 3.8) is 0 Å². The molecule has 17 heavy (non-hydrogen) atoms. The Balaban J connectivity index is 2.85. The number of halogens is 1. The van der Waals surface area contributed by atoms with Gasteiger partial charge in [0, 0.05) is 30.1 Å². The van der Waals surface area contributed by atoms with Gasteiger partial charge in [0.15, 0.2) is 9.84 Å². The summed E-state index contributed by atoms with van der Waals surface area (Å²) in [6.45, 7) is 3.67. The minimum Gasteiger partial charge on any atom is -0.315 e. The van der Waals surface area contributed by atoms with Gasteiger partial charge in [-0.3, -0.25) is 4.79 Å². The van der Waals surface area contributed by atoms with E-state index >= 15 is 0 Å². The first-order chi connectivity index (χ1) is 7.63. The van der Waals surface area contributed by atoms with E-state index in [-0.39, 0.29) is 5.56 Å². The van der Waals surface area contributed by atoms with Crippen molar-refractivity contribution in [3.8, 4) is 0 Å². The van der Waals surface area contributed by atoms with Crippen molar-refractivity contribution >= 4 is 21.4 Å². The fraction of sp³-hybridized carbons (Fsp3) is 0.545. The summed E-state index contributed by atoms with van der Waals surface area (Å²) in [7, 11) is -3.13. The lowest BCUT2D eigenvalue weighted by Crippen LogP contribution is -2.33. The van der Waals surface area contributed by atoms with Crippen LogP contribution in [0.1, 0.15) is 20.3 Å². The zero-order valence-electron chi connectivity index (χ0n) is 10.1. The van der Waals surface area contributed by atoms with Gasteiger partial charge in [-0.2, -0.15) is 0 Å². The van der Waals surface area contributed by atoms with Gasteiger partial charge < -0.3 is 4.57 Å². The standard InChI is InChI=1S/C11H16ClNO3S/c1-11(2,17(3,15)16)5-7-13-6-4-9(12)8-10(13)14/h4,6,8H,5,7H2,1-3H3. The third kappa shape index (κ3) is 3.57. The summed E-state index contributed by atoms with van der Waals surface area (Å²) in [6.07, 6.45) is 3.16. The SMILES string of the molecule is CC(C)(CCn1ccc(Cl)cc1=O)S(C)(=O)=O. The molecular weight excluding hydrogens is 262 g/mol. The quantitative estimate of drug-likeness (QED) is 0.842. The summed E-state index contributed by atoms with van der Waals surface area (Å²) in [4.78, 5) is 11.5. The molecule has 4 nitrogen and oxygen atoms in total. The Bertz CT molecular complexity index is 560. The van der Waals surface area contributed by atoms with Gasteiger partial charge in [0.1, 0.15) is 0 Å². The lowest BCUT2D eigenvalue weighted by atomic mass is 10.1. The Kier molecular flexibility index (Phi) is 4.04. The molecule has 96 valence electrons. The Morgan fingerprint density at radius 2 is 2.00 bits per heavy atom. The molecule has 1 heterocycles.